The summed E-state index contributed by atoms with van der Waals surface area (Å²) in [5.41, 5.74) is 17.0. The van der Waals surface area contributed by atoms with E-state index in [1.54, 1.807) is 0 Å². The summed E-state index contributed by atoms with van der Waals surface area (Å²) in [6.07, 6.45) is 0. The largest absolute Gasteiger partial charge is 0.456 e. The van der Waals surface area contributed by atoms with Gasteiger partial charge in [0.1, 0.15) is 11.2 Å². The second-order valence-corrected chi connectivity index (χ2v) is 20.9. The van der Waals surface area contributed by atoms with E-state index in [1.165, 1.54) is 80.9 Å². The van der Waals surface area contributed by atoms with E-state index in [4.69, 9.17) is 19.4 Å². The molecule has 0 radical (unpaired) electrons. The Kier molecular flexibility index (Phi) is 9.35. The first-order valence-electron chi connectivity index (χ1n) is 25.7. The predicted molar refractivity (Wildman–Crippen MR) is 313 cm³/mol. The number of benzene rings is 11. The summed E-state index contributed by atoms with van der Waals surface area (Å²) in [7, 11) is 0. The SMILES string of the molecule is c1ccc(-c2nc(-c3ccc4c(c3)C(c3ccccc3)(c3ccccc3)c3ccccc3-4)nc(-c3ccc4c(c3)oc3ccc(-c5cccc6sc7cc(-n8c9ccccc9c9ccccc98)ccc7c56)cc34)n2)cc1. The molecule has 0 aliphatic heterocycles. The Hall–Kier alpha value is -9.75. The van der Waals surface area contributed by atoms with E-state index in [9.17, 15) is 0 Å². The Balaban J connectivity index is 0.806. The average molecular weight is 987 g/mol. The fourth-order valence-corrected chi connectivity index (χ4v) is 13.6. The van der Waals surface area contributed by atoms with Crippen LogP contribution in [0.5, 0.6) is 0 Å². The van der Waals surface area contributed by atoms with Crippen LogP contribution in [0.2, 0.25) is 0 Å². The van der Waals surface area contributed by atoms with E-state index in [2.05, 4.69) is 241 Å². The maximum absolute atomic E-state index is 6.70. The molecule has 0 bridgehead atoms. The third-order valence-corrected chi connectivity index (χ3v) is 16.9. The third-order valence-electron chi connectivity index (χ3n) is 15.7. The summed E-state index contributed by atoms with van der Waals surface area (Å²) in [5, 5.41) is 7.15. The molecule has 15 aromatic rings. The Morgan fingerprint density at radius 1 is 0.342 bits per heavy atom. The number of aromatic nitrogens is 4. The van der Waals surface area contributed by atoms with Gasteiger partial charge in [-0.25, -0.2) is 15.0 Å². The molecular weight excluding hydrogens is 945 g/mol. The molecular formula is C70H42N4OS. The van der Waals surface area contributed by atoms with Gasteiger partial charge >= 0.3 is 0 Å². The van der Waals surface area contributed by atoms with Crippen LogP contribution in [0.15, 0.2) is 259 Å². The highest BCUT2D eigenvalue weighted by atomic mass is 32.1. The number of hydrogen-bond donors (Lipinski definition) is 0. The minimum absolute atomic E-state index is 0.557. The maximum Gasteiger partial charge on any atom is 0.164 e. The van der Waals surface area contributed by atoms with Crippen molar-refractivity contribution in [2.75, 3.05) is 0 Å². The number of para-hydroxylation sites is 2. The van der Waals surface area contributed by atoms with Gasteiger partial charge in [-0.05, 0) is 105 Å². The number of hydrogen-bond acceptors (Lipinski definition) is 5. The van der Waals surface area contributed by atoms with Gasteiger partial charge in [0.05, 0.1) is 16.4 Å². The van der Waals surface area contributed by atoms with Crippen LogP contribution in [-0.4, -0.2) is 19.5 Å². The van der Waals surface area contributed by atoms with Crippen LogP contribution in [0.1, 0.15) is 22.3 Å². The molecule has 0 saturated heterocycles. The number of rotatable bonds is 7. The minimum atomic E-state index is -0.557. The van der Waals surface area contributed by atoms with Crippen LogP contribution in [0.25, 0.3) is 126 Å². The number of furan rings is 1. The lowest BCUT2D eigenvalue weighted by molar-refractivity contribution is 0.669. The zero-order valence-electron chi connectivity index (χ0n) is 40.9. The van der Waals surface area contributed by atoms with Gasteiger partial charge in [0.15, 0.2) is 17.5 Å². The van der Waals surface area contributed by atoms with Crippen molar-refractivity contribution < 1.29 is 4.42 Å². The Morgan fingerprint density at radius 2 is 0.921 bits per heavy atom. The van der Waals surface area contributed by atoms with E-state index in [0.29, 0.717) is 17.5 Å². The molecule has 0 saturated carbocycles. The minimum Gasteiger partial charge on any atom is -0.456 e. The normalized spacial score (nSPS) is 12.8. The van der Waals surface area contributed by atoms with Crippen LogP contribution in [0, 0.1) is 0 Å². The van der Waals surface area contributed by atoms with Crippen LogP contribution in [0.4, 0.5) is 0 Å². The standard InChI is InChI=1S/C70H42N4OS/c1-4-17-43(18-5-1)67-71-68(45-31-35-52-51-23-10-13-27-58(51)70(59(52)40-45,47-19-6-2-7-20-47)48-21-8-3-9-22-48)73-69(72-67)46-32-36-55-57-39-44(33-38-62(57)75-63(55)41-46)50-26-16-30-64-66(50)56-37-34-49(42-65(56)76-64)74-60-28-14-11-24-53(60)54-25-12-15-29-61(54)74/h1-42H. The smallest absolute Gasteiger partial charge is 0.164 e. The van der Waals surface area contributed by atoms with Crippen molar-refractivity contribution in [3.05, 3.63) is 277 Å². The Bertz CT molecular complexity index is 4730. The molecule has 354 valence electrons. The van der Waals surface area contributed by atoms with Crippen molar-refractivity contribution >= 4 is 75.3 Å². The highest BCUT2D eigenvalue weighted by Gasteiger charge is 2.46. The van der Waals surface area contributed by atoms with Gasteiger partial charge in [-0.15, -0.1) is 11.3 Å². The van der Waals surface area contributed by atoms with Gasteiger partial charge < -0.3 is 8.98 Å². The predicted octanol–water partition coefficient (Wildman–Crippen LogP) is 18.3. The third kappa shape index (κ3) is 6.35. The molecule has 0 spiro atoms. The second-order valence-electron chi connectivity index (χ2n) is 19.8. The average Bonchev–Trinajstić information content (AvgIpc) is 4.32. The molecule has 0 amide bonds. The summed E-state index contributed by atoms with van der Waals surface area (Å²) in [6, 6.07) is 91.5. The molecule has 6 heteroatoms. The number of nitrogens with zero attached hydrogens (tertiary/aromatic N) is 4. The zero-order valence-corrected chi connectivity index (χ0v) is 41.7. The van der Waals surface area contributed by atoms with Crippen molar-refractivity contribution in [2.45, 2.75) is 5.41 Å². The Labute approximate surface area is 441 Å². The topological polar surface area (TPSA) is 56.7 Å². The molecule has 0 N–H and O–H groups in total. The highest BCUT2D eigenvalue weighted by Crippen LogP contribution is 2.57. The molecule has 11 aromatic carbocycles. The zero-order chi connectivity index (χ0) is 49.9. The van der Waals surface area contributed by atoms with Crippen molar-refractivity contribution in [1.29, 1.82) is 0 Å². The quantitative estimate of drug-likeness (QED) is 0.160. The van der Waals surface area contributed by atoms with Crippen LogP contribution < -0.4 is 0 Å². The first-order chi connectivity index (χ1) is 37.7. The monoisotopic (exact) mass is 986 g/mol. The summed E-state index contributed by atoms with van der Waals surface area (Å²) in [4.78, 5) is 15.7. The summed E-state index contributed by atoms with van der Waals surface area (Å²) in [6.45, 7) is 0. The Morgan fingerprint density at radius 3 is 1.66 bits per heavy atom. The molecule has 4 heterocycles. The lowest BCUT2D eigenvalue weighted by atomic mass is 9.67. The molecule has 0 fully saturated rings. The lowest BCUT2D eigenvalue weighted by Gasteiger charge is -2.34. The molecule has 1 aliphatic rings. The number of fused-ring (bicyclic) bond motifs is 12. The molecule has 0 atom stereocenters. The molecule has 0 unspecified atom stereocenters. The summed E-state index contributed by atoms with van der Waals surface area (Å²) < 4.78 is 11.6. The van der Waals surface area contributed by atoms with Crippen LogP contribution in [-0.2, 0) is 5.41 Å². The highest BCUT2D eigenvalue weighted by molar-refractivity contribution is 7.26. The molecule has 1 aliphatic carbocycles. The van der Waals surface area contributed by atoms with Crippen LogP contribution in [0.3, 0.4) is 0 Å². The van der Waals surface area contributed by atoms with E-state index >= 15 is 0 Å². The molecule has 76 heavy (non-hydrogen) atoms. The first-order valence-corrected chi connectivity index (χ1v) is 26.6. The van der Waals surface area contributed by atoms with Gasteiger partial charge in [-0.3, -0.25) is 0 Å². The molecule has 4 aromatic heterocycles. The van der Waals surface area contributed by atoms with Gasteiger partial charge in [0.25, 0.3) is 0 Å². The van der Waals surface area contributed by atoms with Crippen molar-refractivity contribution in [3.8, 4) is 62.1 Å². The molecule has 5 nitrogen and oxygen atoms in total. The second kappa shape index (κ2) is 16.6. The van der Waals surface area contributed by atoms with Crippen molar-refractivity contribution in [3.63, 3.8) is 0 Å². The number of thiophene rings is 1. The van der Waals surface area contributed by atoms with Crippen molar-refractivity contribution in [2.24, 2.45) is 0 Å². The summed E-state index contributed by atoms with van der Waals surface area (Å²) >= 11 is 1.85. The van der Waals surface area contributed by atoms with E-state index < -0.39 is 5.41 Å². The van der Waals surface area contributed by atoms with E-state index in [0.717, 1.165) is 49.9 Å². The van der Waals surface area contributed by atoms with E-state index in [-0.39, 0.29) is 0 Å². The van der Waals surface area contributed by atoms with Crippen molar-refractivity contribution in [1.82, 2.24) is 19.5 Å². The first kappa shape index (κ1) is 42.7. The van der Waals surface area contributed by atoms with Gasteiger partial charge in [0, 0.05) is 64.1 Å². The fourth-order valence-electron chi connectivity index (χ4n) is 12.4. The van der Waals surface area contributed by atoms with Gasteiger partial charge in [-0.1, -0.05) is 194 Å². The summed E-state index contributed by atoms with van der Waals surface area (Å²) in [5.74, 6) is 1.78. The lowest BCUT2D eigenvalue weighted by Crippen LogP contribution is -2.28. The maximum atomic E-state index is 6.70. The van der Waals surface area contributed by atoms with Gasteiger partial charge in [-0.2, -0.15) is 0 Å². The van der Waals surface area contributed by atoms with E-state index in [1.807, 2.05) is 29.5 Å². The fraction of sp³-hybridized carbons (Fsp3) is 0.0143. The molecule has 16 rings (SSSR count). The van der Waals surface area contributed by atoms with Crippen LogP contribution >= 0.6 is 11.3 Å². The van der Waals surface area contributed by atoms with Gasteiger partial charge in [0.2, 0.25) is 0 Å².